The fraction of sp³-hybridized carbons (Fsp3) is 0. The normalized spacial score (nSPS) is 10.9. The Bertz CT molecular complexity index is 506. The summed E-state index contributed by atoms with van der Waals surface area (Å²) in [5.74, 6) is -1.13. The first-order valence-corrected chi connectivity index (χ1v) is 4.32. The van der Waals surface area contributed by atoms with E-state index in [0.29, 0.717) is 0 Å². The van der Waals surface area contributed by atoms with Crippen LogP contribution in [0.2, 0.25) is 0 Å². The molecule has 90 valence electrons. The molecule has 0 aliphatic carbocycles. The summed E-state index contributed by atoms with van der Waals surface area (Å²) in [4.78, 5) is 16.9. The highest BCUT2D eigenvalue weighted by Gasteiger charge is 2.17. The molecule has 7 N–H and O–H groups in total. The molecule has 0 aromatic heterocycles. The third-order valence-electron chi connectivity index (χ3n) is 1.66. The average Bonchev–Trinajstić information content (AvgIpc) is 2.19. The van der Waals surface area contributed by atoms with Crippen LogP contribution in [0.1, 0.15) is 0 Å². The maximum Gasteiger partial charge on any atom is 0.298 e. The Labute approximate surface area is 95.4 Å². The molecule has 1 rings (SSSR count). The van der Waals surface area contributed by atoms with Crippen molar-refractivity contribution in [3.63, 3.8) is 0 Å². The van der Waals surface area contributed by atoms with Crippen molar-refractivity contribution < 1.29 is 10.0 Å². The molecule has 9 nitrogen and oxygen atoms in total. The van der Waals surface area contributed by atoms with Gasteiger partial charge < -0.3 is 22.3 Å². The number of nitrogens with zero attached hydrogens (tertiary/aromatic N) is 3. The second-order valence-electron chi connectivity index (χ2n) is 2.91. The van der Waals surface area contributed by atoms with Crippen LogP contribution in [-0.2, 0) is 0 Å². The number of aliphatic imine (C=N–C) groups is 2. The summed E-state index contributed by atoms with van der Waals surface area (Å²) in [7, 11) is 0. The highest BCUT2D eigenvalue weighted by atomic mass is 16.6. The van der Waals surface area contributed by atoms with Crippen LogP contribution < -0.4 is 17.2 Å². The molecule has 0 aliphatic heterocycles. The number of benzene rings is 1. The fourth-order valence-corrected chi connectivity index (χ4v) is 1.05. The minimum Gasteiger partial charge on any atom is -0.505 e. The van der Waals surface area contributed by atoms with Gasteiger partial charge in [0, 0.05) is 6.07 Å². The lowest BCUT2D eigenvalue weighted by atomic mass is 10.2. The largest absolute Gasteiger partial charge is 0.505 e. The molecule has 0 bridgehead atoms. The van der Waals surface area contributed by atoms with Crippen LogP contribution in [0.25, 0.3) is 0 Å². The number of hydrogen-bond acceptors (Lipinski definition) is 4. The van der Waals surface area contributed by atoms with Gasteiger partial charge in [-0.1, -0.05) is 6.07 Å². The quantitative estimate of drug-likeness (QED) is 0.235. The number of aromatic hydroxyl groups is 1. The lowest BCUT2D eigenvalue weighted by molar-refractivity contribution is -0.384. The first-order chi connectivity index (χ1) is 7.91. The Morgan fingerprint density at radius 2 is 2.00 bits per heavy atom. The molecule has 1 aromatic rings. The van der Waals surface area contributed by atoms with Crippen LogP contribution in [0.15, 0.2) is 28.2 Å². The number of hydrogen-bond donors (Lipinski definition) is 4. The fourth-order valence-electron chi connectivity index (χ4n) is 1.05. The zero-order chi connectivity index (χ0) is 13.0. The third kappa shape index (κ3) is 3.06. The Morgan fingerprint density at radius 3 is 2.53 bits per heavy atom. The number of nitro groups is 1. The molecule has 1 aromatic carbocycles. The van der Waals surface area contributed by atoms with E-state index in [0.717, 1.165) is 0 Å². The molecule has 0 radical (unpaired) electrons. The molecule has 0 spiro atoms. The predicted molar refractivity (Wildman–Crippen MR) is 61.9 cm³/mol. The minimum atomic E-state index is -0.707. The predicted octanol–water partition coefficient (Wildman–Crippen LogP) is -0.480. The minimum absolute atomic E-state index is 0.306. The van der Waals surface area contributed by atoms with Gasteiger partial charge in [0.1, 0.15) is 5.75 Å². The first kappa shape index (κ1) is 12.2. The van der Waals surface area contributed by atoms with Crippen molar-refractivity contribution in [2.75, 3.05) is 0 Å². The van der Waals surface area contributed by atoms with E-state index in [9.17, 15) is 15.2 Å². The smallest absolute Gasteiger partial charge is 0.298 e. The van der Waals surface area contributed by atoms with Crippen LogP contribution in [0, 0.1) is 10.1 Å². The molecule has 0 saturated heterocycles. The molecule has 0 amide bonds. The van der Waals surface area contributed by atoms with Crippen molar-refractivity contribution in [3.8, 4) is 5.75 Å². The van der Waals surface area contributed by atoms with Gasteiger partial charge in [-0.3, -0.25) is 10.1 Å². The molecule has 0 fully saturated rings. The monoisotopic (exact) mass is 238 g/mol. The van der Waals surface area contributed by atoms with Crippen LogP contribution in [0.4, 0.5) is 11.4 Å². The Balaban J connectivity index is 3.31. The molecule has 9 heteroatoms. The number of phenols is 1. The van der Waals surface area contributed by atoms with Gasteiger partial charge in [0.15, 0.2) is 11.6 Å². The second kappa shape index (κ2) is 4.79. The van der Waals surface area contributed by atoms with E-state index < -0.39 is 22.3 Å². The van der Waals surface area contributed by atoms with Gasteiger partial charge in [0.05, 0.1) is 4.92 Å². The van der Waals surface area contributed by atoms with Crippen molar-refractivity contribution in [3.05, 3.63) is 28.3 Å². The van der Waals surface area contributed by atoms with Gasteiger partial charge in [-0.05, 0) is 6.07 Å². The summed E-state index contributed by atoms with van der Waals surface area (Å²) in [5.41, 5.74) is 14.7. The summed E-state index contributed by atoms with van der Waals surface area (Å²) in [6.45, 7) is 0. The number of phenolic OH excluding ortho intramolecular Hbond substituents is 1. The Kier molecular flexibility index (Phi) is 3.44. The van der Waals surface area contributed by atoms with E-state index >= 15 is 0 Å². The summed E-state index contributed by atoms with van der Waals surface area (Å²) in [6.07, 6.45) is 0. The van der Waals surface area contributed by atoms with E-state index in [1.54, 1.807) is 0 Å². The molecular weight excluding hydrogens is 228 g/mol. The van der Waals surface area contributed by atoms with Gasteiger partial charge in [0.25, 0.3) is 5.69 Å². The van der Waals surface area contributed by atoms with Gasteiger partial charge in [-0.2, -0.15) is 4.99 Å². The van der Waals surface area contributed by atoms with E-state index in [1.807, 2.05) is 0 Å². The number of nitro benzene ring substituents is 1. The molecule has 17 heavy (non-hydrogen) atoms. The lowest BCUT2D eigenvalue weighted by Gasteiger charge is -2.00. The Morgan fingerprint density at radius 1 is 1.35 bits per heavy atom. The third-order valence-corrected chi connectivity index (χ3v) is 1.66. The maximum absolute atomic E-state index is 10.7. The van der Waals surface area contributed by atoms with Crippen molar-refractivity contribution >= 4 is 23.3 Å². The zero-order valence-corrected chi connectivity index (χ0v) is 8.57. The highest BCUT2D eigenvalue weighted by Crippen LogP contribution is 2.35. The van der Waals surface area contributed by atoms with Crippen LogP contribution >= 0.6 is 0 Å². The van der Waals surface area contributed by atoms with E-state index in [2.05, 4.69) is 9.98 Å². The number of guanidine groups is 2. The van der Waals surface area contributed by atoms with E-state index in [-0.39, 0.29) is 11.6 Å². The molecule has 0 atom stereocenters. The van der Waals surface area contributed by atoms with Crippen LogP contribution in [0.3, 0.4) is 0 Å². The van der Waals surface area contributed by atoms with E-state index in [1.165, 1.54) is 18.2 Å². The molecule has 0 saturated carbocycles. The zero-order valence-electron chi connectivity index (χ0n) is 8.57. The van der Waals surface area contributed by atoms with Crippen molar-refractivity contribution in [2.24, 2.45) is 27.2 Å². The topological polar surface area (TPSA) is 166 Å². The summed E-state index contributed by atoms with van der Waals surface area (Å²) in [6, 6.07) is 3.71. The van der Waals surface area contributed by atoms with Gasteiger partial charge in [0.2, 0.25) is 5.96 Å². The number of nitrogens with two attached hydrogens (primary N) is 3. The van der Waals surface area contributed by atoms with Gasteiger partial charge in [-0.25, -0.2) is 4.99 Å². The molecule has 0 heterocycles. The SMILES string of the molecule is NC(N)=NC(N)=Nc1c(O)cccc1[N+](=O)[O-]. The summed E-state index contributed by atoms with van der Waals surface area (Å²) in [5, 5.41) is 20.1. The van der Waals surface area contributed by atoms with Crippen molar-refractivity contribution in [1.29, 1.82) is 0 Å². The maximum atomic E-state index is 10.7. The van der Waals surface area contributed by atoms with Gasteiger partial charge >= 0.3 is 0 Å². The van der Waals surface area contributed by atoms with Crippen molar-refractivity contribution in [2.45, 2.75) is 0 Å². The first-order valence-electron chi connectivity index (χ1n) is 4.32. The van der Waals surface area contributed by atoms with E-state index in [4.69, 9.17) is 17.2 Å². The summed E-state index contributed by atoms with van der Waals surface area (Å²) < 4.78 is 0. The molecule has 0 aliphatic rings. The number of para-hydroxylation sites is 1. The average molecular weight is 238 g/mol. The van der Waals surface area contributed by atoms with Crippen molar-refractivity contribution in [1.82, 2.24) is 0 Å². The standard InChI is InChI=1S/C8H10N6O3/c9-7(10)13-8(11)12-6-4(14(16)17)2-1-3-5(6)15/h1-3,15H,(H6,9,10,11,12,13). The molecule has 0 unspecified atom stereocenters. The van der Waals surface area contributed by atoms with Crippen LogP contribution in [-0.4, -0.2) is 21.9 Å². The highest BCUT2D eigenvalue weighted by molar-refractivity contribution is 5.94. The Hall–Kier alpha value is -2.84. The summed E-state index contributed by atoms with van der Waals surface area (Å²) >= 11 is 0. The lowest BCUT2D eigenvalue weighted by Crippen LogP contribution is -2.26. The molecular formula is C8H10N6O3. The second-order valence-corrected chi connectivity index (χ2v) is 2.91. The van der Waals surface area contributed by atoms with Gasteiger partial charge in [-0.15, -0.1) is 0 Å². The van der Waals surface area contributed by atoms with Crippen LogP contribution in [0.5, 0.6) is 5.75 Å². The number of rotatable bonds is 2.